The lowest BCUT2D eigenvalue weighted by Gasteiger charge is -2.42. The minimum absolute atomic E-state index is 0.0785. The summed E-state index contributed by atoms with van der Waals surface area (Å²) in [5.74, 6) is 0. The summed E-state index contributed by atoms with van der Waals surface area (Å²) in [4.78, 5) is 2.48. The van der Waals surface area contributed by atoms with Gasteiger partial charge in [-0.1, -0.05) is 129 Å². The van der Waals surface area contributed by atoms with E-state index < -0.39 is 0 Å². The van der Waals surface area contributed by atoms with Crippen LogP contribution in [0.3, 0.4) is 0 Å². The van der Waals surface area contributed by atoms with Crippen molar-refractivity contribution in [2.24, 2.45) is 0 Å². The van der Waals surface area contributed by atoms with Crippen LogP contribution in [0.2, 0.25) is 0 Å². The highest BCUT2D eigenvalue weighted by Crippen LogP contribution is 2.60. The number of anilines is 3. The number of fused-ring (bicyclic) bond motifs is 11. The predicted molar refractivity (Wildman–Crippen MR) is 178 cm³/mol. The van der Waals surface area contributed by atoms with Crippen LogP contribution in [0.25, 0.3) is 11.1 Å². The monoisotopic (exact) mass is 551 g/mol. The average molecular weight is 552 g/mol. The number of benzene rings is 6. The summed E-state index contributed by atoms with van der Waals surface area (Å²) >= 11 is 0. The molecular formula is C42H33N. The predicted octanol–water partition coefficient (Wildman–Crippen LogP) is 10.3. The normalized spacial score (nSPS) is 16.3. The fourth-order valence-electron chi connectivity index (χ4n) is 8.56. The van der Waals surface area contributed by atoms with Crippen LogP contribution < -0.4 is 4.90 Å². The maximum Gasteiger partial charge on any atom is 0.0718 e. The molecule has 0 N–H and O–H groups in total. The quantitative estimate of drug-likeness (QED) is 0.196. The maximum absolute atomic E-state index is 2.48. The molecule has 43 heavy (non-hydrogen) atoms. The van der Waals surface area contributed by atoms with E-state index in [0.717, 1.165) is 12.8 Å². The summed E-state index contributed by atoms with van der Waals surface area (Å²) in [6, 6.07) is 52.6. The molecule has 6 aromatic carbocycles. The van der Waals surface area contributed by atoms with Crippen molar-refractivity contribution < 1.29 is 0 Å². The van der Waals surface area contributed by atoms with Crippen molar-refractivity contribution in [2.75, 3.05) is 4.90 Å². The zero-order valence-electron chi connectivity index (χ0n) is 24.6. The molecule has 1 heterocycles. The standard InChI is InChI=1S/C42H33N/c1-41(2)37-19-9-11-21-39(37)43(40-22-12-10-20-38(40)41)30-25-26-36-32(27-30)31-15-5-8-18-35(31)42(36)33-16-6-3-13-28(33)23-24-29-14-4-7-17-34(29)42/h3-22,25-27H,23-24H2,1-2H3. The van der Waals surface area contributed by atoms with Crippen molar-refractivity contribution in [3.8, 4) is 11.1 Å². The first-order chi connectivity index (χ1) is 21.1. The lowest BCUT2D eigenvalue weighted by Crippen LogP contribution is -2.31. The van der Waals surface area contributed by atoms with Crippen molar-refractivity contribution in [2.45, 2.75) is 37.5 Å². The first-order valence-electron chi connectivity index (χ1n) is 15.5. The highest BCUT2D eigenvalue weighted by Gasteiger charge is 2.49. The van der Waals surface area contributed by atoms with Gasteiger partial charge in [-0.15, -0.1) is 0 Å². The molecule has 0 amide bonds. The maximum atomic E-state index is 2.48. The van der Waals surface area contributed by atoms with Crippen LogP contribution in [0.5, 0.6) is 0 Å². The van der Waals surface area contributed by atoms with Crippen molar-refractivity contribution in [3.05, 3.63) is 184 Å². The molecule has 1 heteroatoms. The van der Waals surface area contributed by atoms with Crippen LogP contribution in [-0.2, 0) is 23.7 Å². The molecule has 0 bridgehead atoms. The molecule has 0 radical (unpaired) electrons. The third-order valence-electron chi connectivity index (χ3n) is 10.4. The Bertz CT molecular complexity index is 1980. The number of aryl methyl sites for hydroxylation is 2. The van der Waals surface area contributed by atoms with E-state index in [1.165, 1.54) is 72.7 Å². The van der Waals surface area contributed by atoms with Gasteiger partial charge in [0.2, 0.25) is 0 Å². The Balaban J connectivity index is 1.35. The minimum atomic E-state index is -0.339. The SMILES string of the molecule is CC1(C)c2ccccc2N(c2ccc3c(c2)-c2ccccc2C32c3ccccc3CCc3ccccc32)c2ccccc21. The second kappa shape index (κ2) is 8.82. The summed E-state index contributed by atoms with van der Waals surface area (Å²) < 4.78 is 0. The van der Waals surface area contributed by atoms with Crippen LogP contribution in [-0.4, -0.2) is 0 Å². The van der Waals surface area contributed by atoms with Gasteiger partial charge >= 0.3 is 0 Å². The molecule has 1 nitrogen and oxygen atoms in total. The van der Waals surface area contributed by atoms with Crippen LogP contribution in [0.1, 0.15) is 58.4 Å². The van der Waals surface area contributed by atoms with Crippen LogP contribution in [0.4, 0.5) is 17.1 Å². The Kier molecular flexibility index (Phi) is 5.06. The average Bonchev–Trinajstić information content (AvgIpc) is 3.25. The van der Waals surface area contributed by atoms with Gasteiger partial charge in [0.05, 0.1) is 16.8 Å². The van der Waals surface area contributed by atoms with Gasteiger partial charge in [0.25, 0.3) is 0 Å². The van der Waals surface area contributed by atoms with Gasteiger partial charge in [0.15, 0.2) is 0 Å². The highest BCUT2D eigenvalue weighted by atomic mass is 15.2. The third kappa shape index (κ3) is 3.17. The van der Waals surface area contributed by atoms with Gasteiger partial charge in [0, 0.05) is 11.1 Å². The van der Waals surface area contributed by atoms with Crippen molar-refractivity contribution in [1.82, 2.24) is 0 Å². The van der Waals surface area contributed by atoms with Gasteiger partial charge in [0.1, 0.15) is 0 Å². The number of para-hydroxylation sites is 2. The number of hydrogen-bond acceptors (Lipinski definition) is 1. The number of hydrogen-bond donors (Lipinski definition) is 0. The Morgan fingerprint density at radius 3 is 1.51 bits per heavy atom. The van der Waals surface area contributed by atoms with Crippen molar-refractivity contribution in [3.63, 3.8) is 0 Å². The van der Waals surface area contributed by atoms with Crippen LogP contribution in [0, 0.1) is 0 Å². The lowest BCUT2D eigenvalue weighted by atomic mass is 9.66. The fraction of sp³-hybridized carbons (Fsp3) is 0.143. The lowest BCUT2D eigenvalue weighted by molar-refractivity contribution is 0.632. The second-order valence-electron chi connectivity index (χ2n) is 12.8. The smallest absolute Gasteiger partial charge is 0.0718 e. The molecule has 1 spiro atoms. The van der Waals surface area contributed by atoms with E-state index in [1.54, 1.807) is 0 Å². The Morgan fingerprint density at radius 2 is 0.907 bits per heavy atom. The molecule has 0 aromatic heterocycles. The number of nitrogens with zero attached hydrogens (tertiary/aromatic N) is 1. The van der Waals surface area contributed by atoms with E-state index in [1.807, 2.05) is 0 Å². The summed E-state index contributed by atoms with van der Waals surface area (Å²) in [6.45, 7) is 4.71. The van der Waals surface area contributed by atoms with E-state index in [9.17, 15) is 0 Å². The summed E-state index contributed by atoms with van der Waals surface area (Å²) in [5.41, 5.74) is 17.2. The highest BCUT2D eigenvalue weighted by molar-refractivity contribution is 5.92. The van der Waals surface area contributed by atoms with Crippen LogP contribution >= 0.6 is 0 Å². The summed E-state index contributed by atoms with van der Waals surface area (Å²) in [5, 5.41) is 0. The topological polar surface area (TPSA) is 3.24 Å². The Labute approximate surface area is 254 Å². The second-order valence-corrected chi connectivity index (χ2v) is 12.8. The van der Waals surface area contributed by atoms with E-state index in [4.69, 9.17) is 0 Å². The molecule has 0 atom stereocenters. The van der Waals surface area contributed by atoms with Crippen molar-refractivity contribution in [1.29, 1.82) is 0 Å². The Hall–Kier alpha value is -4.88. The zero-order chi connectivity index (χ0) is 28.8. The molecule has 206 valence electrons. The zero-order valence-corrected chi connectivity index (χ0v) is 24.6. The van der Waals surface area contributed by atoms with E-state index in [2.05, 4.69) is 158 Å². The molecular weight excluding hydrogens is 518 g/mol. The van der Waals surface area contributed by atoms with E-state index in [0.29, 0.717) is 0 Å². The molecule has 6 aromatic rings. The first-order valence-corrected chi connectivity index (χ1v) is 15.5. The first kappa shape index (κ1) is 24.7. The van der Waals surface area contributed by atoms with Crippen LogP contribution in [0.15, 0.2) is 140 Å². The molecule has 0 saturated heterocycles. The molecule has 2 aliphatic carbocycles. The molecule has 0 unspecified atom stereocenters. The molecule has 3 aliphatic rings. The van der Waals surface area contributed by atoms with E-state index in [-0.39, 0.29) is 10.8 Å². The summed E-state index contributed by atoms with van der Waals surface area (Å²) in [6.07, 6.45) is 2.11. The van der Waals surface area contributed by atoms with Gasteiger partial charge in [-0.05, 0) is 92.7 Å². The van der Waals surface area contributed by atoms with Gasteiger partial charge in [-0.3, -0.25) is 0 Å². The summed E-state index contributed by atoms with van der Waals surface area (Å²) in [7, 11) is 0. The third-order valence-corrected chi connectivity index (χ3v) is 10.4. The van der Waals surface area contributed by atoms with Crippen molar-refractivity contribution >= 4 is 17.1 Å². The fourth-order valence-corrected chi connectivity index (χ4v) is 8.56. The minimum Gasteiger partial charge on any atom is -0.310 e. The largest absolute Gasteiger partial charge is 0.310 e. The molecule has 9 rings (SSSR count). The Morgan fingerprint density at radius 1 is 0.442 bits per heavy atom. The van der Waals surface area contributed by atoms with Gasteiger partial charge < -0.3 is 4.90 Å². The number of rotatable bonds is 1. The van der Waals surface area contributed by atoms with E-state index >= 15 is 0 Å². The van der Waals surface area contributed by atoms with Gasteiger partial charge in [-0.25, -0.2) is 0 Å². The molecule has 0 saturated carbocycles. The molecule has 1 aliphatic heterocycles. The molecule has 0 fully saturated rings. The van der Waals surface area contributed by atoms with Gasteiger partial charge in [-0.2, -0.15) is 0 Å².